The van der Waals surface area contributed by atoms with Gasteiger partial charge < -0.3 is 13.9 Å². The molecule has 6 nitrogen and oxygen atoms in total. The second-order valence-corrected chi connectivity index (χ2v) is 8.47. The van der Waals surface area contributed by atoms with Gasteiger partial charge in [-0.05, 0) is 49.2 Å². The smallest absolute Gasteiger partial charge is 0.330 e. The molecule has 0 fully saturated rings. The quantitative estimate of drug-likeness (QED) is 0.311. The Morgan fingerprint density at radius 2 is 1.63 bits per heavy atom. The molecule has 0 bridgehead atoms. The summed E-state index contributed by atoms with van der Waals surface area (Å²) in [5.74, 6) is 1.88. The molecule has 0 spiro atoms. The summed E-state index contributed by atoms with van der Waals surface area (Å²) in [5, 5.41) is 3.35. The van der Waals surface area contributed by atoms with E-state index in [1.807, 2.05) is 98.8 Å². The zero-order valence-corrected chi connectivity index (χ0v) is 20.3. The van der Waals surface area contributed by atoms with Crippen molar-refractivity contribution < 1.29 is 18.7 Å². The van der Waals surface area contributed by atoms with Crippen molar-refractivity contribution >= 4 is 5.97 Å². The summed E-state index contributed by atoms with van der Waals surface area (Å²) < 4.78 is 16.8. The first-order valence-electron chi connectivity index (χ1n) is 11.6. The number of carbonyl (C=O) groups is 1. The van der Waals surface area contributed by atoms with Crippen LogP contribution in [0.2, 0.25) is 0 Å². The maximum atomic E-state index is 12.5. The lowest BCUT2D eigenvalue weighted by Gasteiger charge is -2.28. The molecule has 35 heavy (non-hydrogen) atoms. The van der Waals surface area contributed by atoms with Gasteiger partial charge in [-0.25, -0.2) is 9.78 Å². The summed E-state index contributed by atoms with van der Waals surface area (Å²) in [6.45, 7) is 4.75. The molecule has 1 N–H and O–H groups in total. The molecule has 6 heteroatoms. The van der Waals surface area contributed by atoms with Gasteiger partial charge in [0, 0.05) is 18.5 Å². The van der Waals surface area contributed by atoms with Crippen molar-refractivity contribution in [1.29, 1.82) is 0 Å². The fraction of sp³-hybridized carbons (Fsp3) is 0.241. The van der Waals surface area contributed by atoms with E-state index in [2.05, 4.69) is 10.3 Å². The van der Waals surface area contributed by atoms with E-state index in [-0.39, 0.29) is 5.97 Å². The Labute approximate surface area is 205 Å². The minimum Gasteiger partial charge on any atom is -0.493 e. The van der Waals surface area contributed by atoms with Crippen LogP contribution in [0.15, 0.2) is 89.3 Å². The molecule has 0 aliphatic heterocycles. The van der Waals surface area contributed by atoms with Crippen molar-refractivity contribution in [3.05, 3.63) is 108 Å². The number of aryl methyl sites for hydroxylation is 1. The summed E-state index contributed by atoms with van der Waals surface area (Å²) in [7, 11) is 1.40. The zero-order chi connectivity index (χ0) is 24.7. The van der Waals surface area contributed by atoms with Crippen molar-refractivity contribution in [3.63, 3.8) is 0 Å². The molecular formula is C29H30N2O4. The summed E-state index contributed by atoms with van der Waals surface area (Å²) in [4.78, 5) is 17.2. The monoisotopic (exact) mass is 470 g/mol. The Bertz CT molecular complexity index is 1240. The van der Waals surface area contributed by atoms with Crippen LogP contribution in [0.25, 0.3) is 11.5 Å². The molecule has 4 rings (SSSR count). The largest absolute Gasteiger partial charge is 0.493 e. The molecule has 0 aliphatic carbocycles. The maximum Gasteiger partial charge on any atom is 0.330 e. The van der Waals surface area contributed by atoms with Crippen LogP contribution in [0.4, 0.5) is 0 Å². The lowest BCUT2D eigenvalue weighted by Crippen LogP contribution is -2.47. The second kappa shape index (κ2) is 11.0. The number of nitrogens with zero attached hydrogens (tertiary/aromatic N) is 1. The molecule has 0 aliphatic rings. The predicted octanol–water partition coefficient (Wildman–Crippen LogP) is 5.45. The standard InChI is InChI=1S/C29H30N2O4/c1-21-26(31-27(35-21)23-10-6-4-7-11-23)18-19-34-25-16-14-22(15-17-25)20-30-29(2,28(32)33-3)24-12-8-5-9-13-24/h4-17,30H,18-20H2,1-3H3. The zero-order valence-electron chi connectivity index (χ0n) is 20.3. The molecule has 180 valence electrons. The first-order valence-corrected chi connectivity index (χ1v) is 11.6. The van der Waals surface area contributed by atoms with E-state index in [1.54, 1.807) is 0 Å². The molecular weight excluding hydrogens is 440 g/mol. The molecule has 0 saturated heterocycles. The van der Waals surface area contributed by atoms with Crippen LogP contribution in [-0.2, 0) is 28.0 Å². The van der Waals surface area contributed by atoms with Crippen LogP contribution in [0, 0.1) is 6.92 Å². The van der Waals surface area contributed by atoms with Gasteiger partial charge in [0.05, 0.1) is 19.4 Å². The third kappa shape index (κ3) is 5.78. The molecule has 0 radical (unpaired) electrons. The predicted molar refractivity (Wildman–Crippen MR) is 135 cm³/mol. The van der Waals surface area contributed by atoms with Gasteiger partial charge in [-0.3, -0.25) is 5.32 Å². The number of carbonyl (C=O) groups excluding carboxylic acids is 1. The molecule has 1 unspecified atom stereocenters. The topological polar surface area (TPSA) is 73.6 Å². The first kappa shape index (κ1) is 24.2. The van der Waals surface area contributed by atoms with Crippen LogP contribution >= 0.6 is 0 Å². The van der Waals surface area contributed by atoms with Gasteiger partial charge in [0.1, 0.15) is 17.0 Å². The van der Waals surface area contributed by atoms with E-state index in [9.17, 15) is 4.79 Å². The third-order valence-corrected chi connectivity index (χ3v) is 6.04. The fourth-order valence-electron chi connectivity index (χ4n) is 3.88. The van der Waals surface area contributed by atoms with E-state index in [0.717, 1.165) is 33.9 Å². The Balaban J connectivity index is 1.32. The maximum absolute atomic E-state index is 12.5. The second-order valence-electron chi connectivity index (χ2n) is 8.47. The van der Waals surface area contributed by atoms with Crippen molar-refractivity contribution in [3.8, 4) is 17.2 Å². The molecule has 0 amide bonds. The highest BCUT2D eigenvalue weighted by atomic mass is 16.5. The van der Waals surface area contributed by atoms with Gasteiger partial charge in [-0.1, -0.05) is 60.7 Å². The lowest BCUT2D eigenvalue weighted by molar-refractivity contribution is -0.148. The summed E-state index contributed by atoms with van der Waals surface area (Å²) >= 11 is 0. The van der Waals surface area contributed by atoms with Gasteiger partial charge in [0.25, 0.3) is 0 Å². The molecule has 1 heterocycles. The third-order valence-electron chi connectivity index (χ3n) is 6.04. The highest BCUT2D eigenvalue weighted by molar-refractivity contribution is 5.82. The average Bonchev–Trinajstić information content (AvgIpc) is 3.28. The molecule has 1 aromatic heterocycles. The number of methoxy groups -OCH3 is 1. The molecule has 0 saturated carbocycles. The van der Waals surface area contributed by atoms with Crippen LogP contribution < -0.4 is 10.1 Å². The van der Waals surface area contributed by atoms with Crippen molar-refractivity contribution in [1.82, 2.24) is 10.3 Å². The molecule has 1 atom stereocenters. The number of rotatable bonds is 10. The number of aromatic nitrogens is 1. The molecule has 3 aromatic carbocycles. The van der Waals surface area contributed by atoms with Crippen LogP contribution in [0.3, 0.4) is 0 Å². The van der Waals surface area contributed by atoms with Gasteiger partial charge >= 0.3 is 5.97 Å². The van der Waals surface area contributed by atoms with E-state index >= 15 is 0 Å². The van der Waals surface area contributed by atoms with E-state index in [0.29, 0.717) is 25.5 Å². The van der Waals surface area contributed by atoms with Crippen LogP contribution in [0.5, 0.6) is 5.75 Å². The summed E-state index contributed by atoms with van der Waals surface area (Å²) in [6, 6.07) is 27.3. The van der Waals surface area contributed by atoms with Gasteiger partial charge in [-0.15, -0.1) is 0 Å². The SMILES string of the molecule is COC(=O)C(C)(NCc1ccc(OCCc2nc(-c3ccccc3)oc2C)cc1)c1ccccc1. The van der Waals surface area contributed by atoms with Gasteiger partial charge in [0.2, 0.25) is 5.89 Å². The molecule has 4 aromatic rings. The minimum atomic E-state index is -0.945. The lowest BCUT2D eigenvalue weighted by atomic mass is 9.91. The first-order chi connectivity index (χ1) is 17.0. The van der Waals surface area contributed by atoms with Crippen molar-refractivity contribution in [2.24, 2.45) is 0 Å². The number of benzene rings is 3. The van der Waals surface area contributed by atoms with Crippen LogP contribution in [-0.4, -0.2) is 24.7 Å². The Kier molecular flexibility index (Phi) is 7.63. The van der Waals surface area contributed by atoms with Gasteiger partial charge in [-0.2, -0.15) is 0 Å². The Morgan fingerprint density at radius 1 is 0.971 bits per heavy atom. The number of ether oxygens (including phenoxy) is 2. The number of nitrogens with one attached hydrogen (secondary N) is 1. The summed E-state index contributed by atoms with van der Waals surface area (Å²) in [6.07, 6.45) is 0.653. The average molecular weight is 471 g/mol. The minimum absolute atomic E-state index is 0.331. The summed E-state index contributed by atoms with van der Waals surface area (Å²) in [5.41, 5.74) is 2.79. The number of oxazole rings is 1. The van der Waals surface area contributed by atoms with Crippen molar-refractivity contribution in [2.45, 2.75) is 32.4 Å². The number of hydrogen-bond donors (Lipinski definition) is 1. The fourth-order valence-corrected chi connectivity index (χ4v) is 3.88. The van der Waals surface area contributed by atoms with E-state index < -0.39 is 5.54 Å². The Morgan fingerprint density at radius 3 is 2.29 bits per heavy atom. The van der Waals surface area contributed by atoms with Gasteiger partial charge in [0.15, 0.2) is 0 Å². The van der Waals surface area contributed by atoms with E-state index in [1.165, 1.54) is 7.11 Å². The highest BCUT2D eigenvalue weighted by Gasteiger charge is 2.35. The number of hydrogen-bond acceptors (Lipinski definition) is 6. The van der Waals surface area contributed by atoms with Crippen LogP contribution in [0.1, 0.15) is 29.5 Å². The van der Waals surface area contributed by atoms with Crippen molar-refractivity contribution in [2.75, 3.05) is 13.7 Å². The Hall–Kier alpha value is -3.90. The highest BCUT2D eigenvalue weighted by Crippen LogP contribution is 2.24. The number of esters is 1. The normalized spacial score (nSPS) is 12.7. The van der Waals surface area contributed by atoms with E-state index in [4.69, 9.17) is 13.9 Å².